The molecule has 26 heavy (non-hydrogen) atoms. The highest BCUT2D eigenvalue weighted by Gasteiger charge is 2.19. The summed E-state index contributed by atoms with van der Waals surface area (Å²) in [5, 5.41) is 7.56. The average Bonchev–Trinajstić information content (AvgIpc) is 3.25. The van der Waals surface area contributed by atoms with Gasteiger partial charge in [-0.05, 0) is 45.8 Å². The van der Waals surface area contributed by atoms with Crippen molar-refractivity contribution in [2.24, 2.45) is 7.05 Å². The van der Waals surface area contributed by atoms with E-state index in [1.165, 1.54) is 5.56 Å². The van der Waals surface area contributed by atoms with E-state index in [1.54, 1.807) is 10.9 Å². The van der Waals surface area contributed by atoms with Crippen LogP contribution in [0.1, 0.15) is 11.1 Å². The van der Waals surface area contributed by atoms with Crippen LogP contribution in [-0.4, -0.2) is 16.6 Å². The average molecular weight is 412 g/mol. The van der Waals surface area contributed by atoms with Gasteiger partial charge in [0, 0.05) is 24.7 Å². The summed E-state index contributed by atoms with van der Waals surface area (Å²) in [6.07, 6.45) is 2.49. The second-order valence-electron chi connectivity index (χ2n) is 5.99. The van der Waals surface area contributed by atoms with Gasteiger partial charge in [0.25, 0.3) is 0 Å². The lowest BCUT2D eigenvalue weighted by molar-refractivity contribution is 0.0857. The Hall–Kier alpha value is -2.73. The second-order valence-corrected chi connectivity index (χ2v) is 6.84. The summed E-state index contributed by atoms with van der Waals surface area (Å²) in [5.74, 6) is 2.58. The molecule has 6 heteroatoms. The normalized spacial score (nSPS) is 13.5. The number of benzene rings is 2. The number of hydrogen-bond acceptors (Lipinski definition) is 4. The monoisotopic (exact) mass is 411 g/mol. The number of nitrogens with one attached hydrogen (secondary N) is 1. The molecule has 2 heterocycles. The van der Waals surface area contributed by atoms with E-state index in [0.29, 0.717) is 0 Å². The summed E-state index contributed by atoms with van der Waals surface area (Å²) >= 11 is 3.49. The number of anilines is 2. The third kappa shape index (κ3) is 3.46. The Morgan fingerprint density at radius 1 is 1.08 bits per heavy atom. The number of aromatic nitrogens is 2. The Kier molecular flexibility index (Phi) is 4.67. The van der Waals surface area contributed by atoms with Crippen LogP contribution in [0.25, 0.3) is 5.76 Å². The van der Waals surface area contributed by atoms with Crippen LogP contribution >= 0.6 is 15.9 Å². The van der Waals surface area contributed by atoms with Crippen molar-refractivity contribution in [3.8, 4) is 0 Å². The molecule has 1 aromatic heterocycles. The van der Waals surface area contributed by atoms with Gasteiger partial charge in [-0.1, -0.05) is 30.3 Å². The highest BCUT2D eigenvalue weighted by atomic mass is 79.9. The molecule has 0 aliphatic carbocycles. The molecular formula is C20H18BrN3O2. The number of nitrogens with zero attached hydrogens (tertiary/aromatic N) is 2. The van der Waals surface area contributed by atoms with Crippen molar-refractivity contribution in [2.45, 2.75) is 6.42 Å². The van der Waals surface area contributed by atoms with Crippen LogP contribution in [0.4, 0.5) is 11.5 Å². The lowest BCUT2D eigenvalue weighted by atomic mass is 10.1. The van der Waals surface area contributed by atoms with Gasteiger partial charge < -0.3 is 14.8 Å². The molecule has 0 radical (unpaired) electrons. The molecular weight excluding hydrogens is 394 g/mol. The van der Waals surface area contributed by atoms with E-state index in [9.17, 15) is 0 Å². The molecule has 5 nitrogen and oxygen atoms in total. The lowest BCUT2D eigenvalue weighted by Gasteiger charge is -2.09. The zero-order valence-corrected chi connectivity index (χ0v) is 15.9. The minimum Gasteiger partial charge on any atom is -0.458 e. The van der Waals surface area contributed by atoms with Crippen molar-refractivity contribution in [1.82, 2.24) is 9.78 Å². The van der Waals surface area contributed by atoms with Crippen molar-refractivity contribution in [3.63, 3.8) is 0 Å². The first-order chi connectivity index (χ1) is 12.7. The largest absolute Gasteiger partial charge is 0.458 e. The molecule has 1 aliphatic rings. The first-order valence-corrected chi connectivity index (χ1v) is 9.07. The fourth-order valence-electron chi connectivity index (χ4n) is 2.86. The summed E-state index contributed by atoms with van der Waals surface area (Å²) in [5.41, 5.74) is 3.18. The van der Waals surface area contributed by atoms with E-state index in [4.69, 9.17) is 9.47 Å². The lowest BCUT2D eigenvalue weighted by Crippen LogP contribution is -1.99. The van der Waals surface area contributed by atoms with Gasteiger partial charge in [-0.25, -0.2) is 0 Å². The molecule has 0 bridgehead atoms. The van der Waals surface area contributed by atoms with Crippen LogP contribution < -0.4 is 5.32 Å². The van der Waals surface area contributed by atoms with Gasteiger partial charge in [0.05, 0.1) is 10.7 Å². The molecule has 1 N–H and O–H groups in total. The second kappa shape index (κ2) is 7.25. The van der Waals surface area contributed by atoms with Crippen molar-refractivity contribution in [1.29, 1.82) is 0 Å². The zero-order valence-electron chi connectivity index (χ0n) is 14.3. The number of allylic oxidation sites excluding steroid dienone is 1. The van der Waals surface area contributed by atoms with Gasteiger partial charge in [0.2, 0.25) is 6.79 Å². The molecule has 0 amide bonds. The van der Waals surface area contributed by atoms with E-state index in [0.717, 1.165) is 39.5 Å². The van der Waals surface area contributed by atoms with Crippen molar-refractivity contribution < 1.29 is 9.47 Å². The first kappa shape index (κ1) is 16.7. The summed E-state index contributed by atoms with van der Waals surface area (Å²) in [6.45, 7) is 0.263. The summed E-state index contributed by atoms with van der Waals surface area (Å²) in [4.78, 5) is 0. The highest BCUT2D eigenvalue weighted by Crippen LogP contribution is 2.31. The van der Waals surface area contributed by atoms with E-state index >= 15 is 0 Å². The molecule has 0 saturated heterocycles. The highest BCUT2D eigenvalue weighted by molar-refractivity contribution is 9.10. The van der Waals surface area contributed by atoms with E-state index in [2.05, 4.69) is 38.5 Å². The smallest absolute Gasteiger partial charge is 0.230 e. The maximum Gasteiger partial charge on any atom is 0.230 e. The first-order valence-electron chi connectivity index (χ1n) is 8.28. The van der Waals surface area contributed by atoms with Gasteiger partial charge in [0.1, 0.15) is 11.6 Å². The molecule has 4 rings (SSSR count). The summed E-state index contributed by atoms with van der Waals surface area (Å²) in [7, 11) is 1.89. The standard InChI is InChI=1S/C20H18BrN3O2/c1-24-20(17(21)12-22-24)23-16-9-7-15(8-10-16)19-18(25-13-26-19)11-14-5-3-2-4-6-14/h2-10,12,23H,11,13H2,1H3. The van der Waals surface area contributed by atoms with Crippen LogP contribution in [0.3, 0.4) is 0 Å². The Morgan fingerprint density at radius 2 is 1.85 bits per heavy atom. The fraction of sp³-hybridized carbons (Fsp3) is 0.150. The van der Waals surface area contributed by atoms with Gasteiger partial charge in [-0.15, -0.1) is 0 Å². The van der Waals surface area contributed by atoms with E-state index in [1.807, 2.05) is 49.5 Å². The Morgan fingerprint density at radius 3 is 2.54 bits per heavy atom. The number of halogens is 1. The quantitative estimate of drug-likeness (QED) is 0.652. The third-order valence-electron chi connectivity index (χ3n) is 4.20. The fourth-order valence-corrected chi connectivity index (χ4v) is 3.30. The molecule has 0 spiro atoms. The van der Waals surface area contributed by atoms with Crippen molar-refractivity contribution >= 4 is 33.2 Å². The Balaban J connectivity index is 1.55. The third-order valence-corrected chi connectivity index (χ3v) is 4.78. The summed E-state index contributed by atoms with van der Waals surface area (Å²) in [6, 6.07) is 18.3. The molecule has 1 aliphatic heterocycles. The number of aryl methyl sites for hydroxylation is 1. The molecule has 0 unspecified atom stereocenters. The molecule has 0 fully saturated rings. The summed E-state index contributed by atoms with van der Waals surface area (Å²) < 4.78 is 14.1. The zero-order chi connectivity index (χ0) is 17.9. The van der Waals surface area contributed by atoms with Crippen LogP contribution in [0, 0.1) is 0 Å². The van der Waals surface area contributed by atoms with Gasteiger partial charge in [-0.3, -0.25) is 4.68 Å². The van der Waals surface area contributed by atoms with Crippen LogP contribution in [-0.2, 0) is 22.9 Å². The Labute approximate surface area is 160 Å². The van der Waals surface area contributed by atoms with Crippen LogP contribution in [0.2, 0.25) is 0 Å². The van der Waals surface area contributed by atoms with Crippen molar-refractivity contribution in [2.75, 3.05) is 12.1 Å². The Bertz CT molecular complexity index is 914. The van der Waals surface area contributed by atoms with Crippen molar-refractivity contribution in [3.05, 3.63) is 82.2 Å². The maximum absolute atomic E-state index is 5.72. The molecule has 132 valence electrons. The van der Waals surface area contributed by atoms with E-state index < -0.39 is 0 Å². The number of hydrogen-bond donors (Lipinski definition) is 1. The van der Waals surface area contributed by atoms with Crippen LogP contribution in [0.5, 0.6) is 0 Å². The molecule has 0 atom stereocenters. The minimum absolute atomic E-state index is 0.263. The molecule has 2 aromatic carbocycles. The number of rotatable bonds is 5. The van der Waals surface area contributed by atoms with Gasteiger partial charge >= 0.3 is 0 Å². The van der Waals surface area contributed by atoms with Gasteiger partial charge in [0.15, 0.2) is 5.76 Å². The topological polar surface area (TPSA) is 48.3 Å². The SMILES string of the molecule is Cn1ncc(Br)c1Nc1ccc(C2=C(Cc3ccccc3)OCO2)cc1. The van der Waals surface area contributed by atoms with Crippen LogP contribution in [0.15, 0.2) is 71.0 Å². The predicted octanol–water partition coefficient (Wildman–Crippen LogP) is 4.84. The minimum atomic E-state index is 0.263. The maximum atomic E-state index is 5.72. The predicted molar refractivity (Wildman–Crippen MR) is 105 cm³/mol. The number of ether oxygens (including phenoxy) is 2. The van der Waals surface area contributed by atoms with Gasteiger partial charge in [-0.2, -0.15) is 5.10 Å². The molecule has 0 saturated carbocycles. The van der Waals surface area contributed by atoms with E-state index in [-0.39, 0.29) is 6.79 Å². The molecule has 3 aromatic rings.